The predicted molar refractivity (Wildman–Crippen MR) is 137 cm³/mol. The van der Waals surface area contributed by atoms with Gasteiger partial charge in [0.05, 0.1) is 0 Å². The number of thioether (sulfide) groups is 2. The highest BCUT2D eigenvalue weighted by Crippen LogP contribution is 2.43. The van der Waals surface area contributed by atoms with Gasteiger partial charge in [-0.2, -0.15) is 0 Å². The zero-order chi connectivity index (χ0) is 21.2. The minimum Gasteiger partial charge on any atom is -0.482 e. The summed E-state index contributed by atoms with van der Waals surface area (Å²) in [6.07, 6.45) is 5.92. The molecule has 0 atom stereocenters. The van der Waals surface area contributed by atoms with Crippen LogP contribution in [0.3, 0.4) is 0 Å². The first kappa shape index (κ1) is 23.1. The standard InChI is InChI=1S/C26H34O2S2/c1-4-7-15-29-18-27-25-21-11-9-10-12-22(21)26(28-19-30-16-8-5-2)24-17-20(6-3)13-14-23(24)25/h9-14,17H,4-8,15-16,18-19H2,1-3H3. The molecule has 0 bridgehead atoms. The lowest BCUT2D eigenvalue weighted by atomic mass is 9.98. The average Bonchev–Trinajstić information content (AvgIpc) is 2.79. The van der Waals surface area contributed by atoms with E-state index in [0.717, 1.165) is 51.0 Å². The van der Waals surface area contributed by atoms with Crippen LogP contribution < -0.4 is 9.47 Å². The van der Waals surface area contributed by atoms with Crippen LogP contribution in [0.5, 0.6) is 11.5 Å². The van der Waals surface area contributed by atoms with Crippen LogP contribution in [0.25, 0.3) is 21.5 Å². The van der Waals surface area contributed by atoms with E-state index in [0.29, 0.717) is 11.9 Å². The van der Waals surface area contributed by atoms with Crippen molar-refractivity contribution in [1.29, 1.82) is 0 Å². The van der Waals surface area contributed by atoms with Gasteiger partial charge in [0.15, 0.2) is 0 Å². The second-order valence-electron chi connectivity index (χ2n) is 7.49. The molecule has 162 valence electrons. The van der Waals surface area contributed by atoms with Crippen LogP contribution in [0.2, 0.25) is 0 Å². The smallest absolute Gasteiger partial charge is 0.136 e. The van der Waals surface area contributed by atoms with Gasteiger partial charge in [0, 0.05) is 21.5 Å². The summed E-state index contributed by atoms with van der Waals surface area (Å²) < 4.78 is 12.8. The number of hydrogen-bond acceptors (Lipinski definition) is 4. The second-order valence-corrected chi connectivity index (χ2v) is 9.59. The molecule has 2 nitrogen and oxygen atoms in total. The fraction of sp³-hybridized carbons (Fsp3) is 0.462. The quantitative estimate of drug-likeness (QED) is 0.150. The molecule has 0 radical (unpaired) electrons. The lowest BCUT2D eigenvalue weighted by Crippen LogP contribution is -2.00. The molecule has 0 saturated heterocycles. The average molecular weight is 443 g/mol. The van der Waals surface area contributed by atoms with Crippen LogP contribution >= 0.6 is 23.5 Å². The van der Waals surface area contributed by atoms with E-state index in [9.17, 15) is 0 Å². The van der Waals surface area contributed by atoms with Crippen molar-refractivity contribution in [2.75, 3.05) is 23.4 Å². The maximum absolute atomic E-state index is 6.39. The Morgan fingerprint density at radius 1 is 0.667 bits per heavy atom. The van der Waals surface area contributed by atoms with Crippen molar-refractivity contribution >= 4 is 45.1 Å². The van der Waals surface area contributed by atoms with Gasteiger partial charge in [0.2, 0.25) is 0 Å². The Kier molecular flexibility index (Phi) is 9.54. The summed E-state index contributed by atoms with van der Waals surface area (Å²) in [7, 11) is 0. The van der Waals surface area contributed by atoms with Gasteiger partial charge >= 0.3 is 0 Å². The number of rotatable bonds is 13. The molecule has 0 unspecified atom stereocenters. The van der Waals surface area contributed by atoms with Gasteiger partial charge in [-0.1, -0.05) is 70.0 Å². The Bertz CT molecular complexity index is 939. The SMILES string of the molecule is CCCCSCOc1c2ccccc2c(OCSCCCC)c2cc(CC)ccc12. The molecular formula is C26H34O2S2. The van der Waals surface area contributed by atoms with Crippen LogP contribution in [-0.4, -0.2) is 23.4 Å². The summed E-state index contributed by atoms with van der Waals surface area (Å²) in [5.41, 5.74) is 1.32. The molecule has 4 heteroatoms. The van der Waals surface area contributed by atoms with Crippen molar-refractivity contribution in [3.8, 4) is 11.5 Å². The third kappa shape index (κ3) is 5.79. The predicted octanol–water partition coefficient (Wildman–Crippen LogP) is 8.29. The zero-order valence-electron chi connectivity index (χ0n) is 18.5. The highest BCUT2D eigenvalue weighted by molar-refractivity contribution is 7.99. The van der Waals surface area contributed by atoms with Gasteiger partial charge in [-0.3, -0.25) is 0 Å². The number of ether oxygens (including phenoxy) is 2. The molecule has 0 saturated carbocycles. The van der Waals surface area contributed by atoms with E-state index < -0.39 is 0 Å². The Morgan fingerprint density at radius 2 is 1.20 bits per heavy atom. The minimum atomic E-state index is 0.682. The fourth-order valence-corrected chi connectivity index (χ4v) is 5.11. The molecule has 3 aromatic carbocycles. The first-order chi connectivity index (χ1) is 14.8. The van der Waals surface area contributed by atoms with Crippen LogP contribution in [-0.2, 0) is 6.42 Å². The Hall–Kier alpha value is -1.52. The van der Waals surface area contributed by atoms with Gasteiger partial charge < -0.3 is 9.47 Å². The van der Waals surface area contributed by atoms with Gasteiger partial charge in [-0.25, -0.2) is 0 Å². The fourth-order valence-electron chi connectivity index (χ4n) is 3.49. The van der Waals surface area contributed by atoms with Crippen LogP contribution in [0, 0.1) is 0 Å². The summed E-state index contributed by atoms with van der Waals surface area (Å²) in [6.45, 7) is 6.66. The largest absolute Gasteiger partial charge is 0.482 e. The maximum Gasteiger partial charge on any atom is 0.136 e. The van der Waals surface area contributed by atoms with E-state index in [4.69, 9.17) is 9.47 Å². The topological polar surface area (TPSA) is 18.5 Å². The number of aryl methyl sites for hydroxylation is 1. The lowest BCUT2D eigenvalue weighted by Gasteiger charge is -2.18. The van der Waals surface area contributed by atoms with Crippen molar-refractivity contribution in [3.63, 3.8) is 0 Å². The highest BCUT2D eigenvalue weighted by atomic mass is 32.2. The summed E-state index contributed by atoms with van der Waals surface area (Å²) >= 11 is 3.73. The Labute approximate surface area is 190 Å². The Morgan fingerprint density at radius 3 is 1.73 bits per heavy atom. The van der Waals surface area contributed by atoms with Crippen LogP contribution in [0.15, 0.2) is 42.5 Å². The Balaban J connectivity index is 1.99. The molecule has 0 aliphatic heterocycles. The molecule has 0 N–H and O–H groups in total. The van der Waals surface area contributed by atoms with E-state index in [1.165, 1.54) is 31.2 Å². The normalized spacial score (nSPS) is 11.3. The van der Waals surface area contributed by atoms with Crippen molar-refractivity contribution in [2.24, 2.45) is 0 Å². The minimum absolute atomic E-state index is 0.682. The molecule has 3 rings (SSSR count). The van der Waals surface area contributed by atoms with E-state index in [1.54, 1.807) is 0 Å². The van der Waals surface area contributed by atoms with Crippen molar-refractivity contribution in [2.45, 2.75) is 52.9 Å². The van der Waals surface area contributed by atoms with E-state index >= 15 is 0 Å². The van der Waals surface area contributed by atoms with Crippen molar-refractivity contribution < 1.29 is 9.47 Å². The highest BCUT2D eigenvalue weighted by Gasteiger charge is 2.16. The molecule has 0 aliphatic rings. The first-order valence-corrected chi connectivity index (χ1v) is 13.5. The van der Waals surface area contributed by atoms with Crippen LogP contribution in [0.1, 0.15) is 52.0 Å². The molecular weight excluding hydrogens is 408 g/mol. The summed E-state index contributed by atoms with van der Waals surface area (Å²) in [5.74, 6) is 5.62. The van der Waals surface area contributed by atoms with E-state index in [-0.39, 0.29) is 0 Å². The molecule has 0 aromatic heterocycles. The van der Waals surface area contributed by atoms with E-state index in [2.05, 4.69) is 63.2 Å². The molecule has 0 heterocycles. The number of fused-ring (bicyclic) bond motifs is 2. The number of unbranched alkanes of at least 4 members (excludes halogenated alkanes) is 2. The zero-order valence-corrected chi connectivity index (χ0v) is 20.2. The molecule has 0 fully saturated rings. The molecule has 30 heavy (non-hydrogen) atoms. The van der Waals surface area contributed by atoms with Crippen molar-refractivity contribution in [1.82, 2.24) is 0 Å². The molecule has 0 aliphatic carbocycles. The maximum atomic E-state index is 6.39. The summed E-state index contributed by atoms with van der Waals surface area (Å²) in [5, 5.41) is 4.59. The van der Waals surface area contributed by atoms with Gasteiger partial charge in [-0.05, 0) is 42.4 Å². The molecule has 0 amide bonds. The van der Waals surface area contributed by atoms with Gasteiger partial charge in [-0.15, -0.1) is 23.5 Å². The monoisotopic (exact) mass is 442 g/mol. The molecule has 0 spiro atoms. The van der Waals surface area contributed by atoms with Gasteiger partial charge in [0.25, 0.3) is 0 Å². The number of hydrogen-bond donors (Lipinski definition) is 0. The molecule has 3 aromatic rings. The summed E-state index contributed by atoms with van der Waals surface area (Å²) in [4.78, 5) is 0. The van der Waals surface area contributed by atoms with Crippen molar-refractivity contribution in [3.05, 3.63) is 48.0 Å². The van der Waals surface area contributed by atoms with E-state index in [1.807, 2.05) is 23.5 Å². The summed E-state index contributed by atoms with van der Waals surface area (Å²) in [6, 6.07) is 15.2. The third-order valence-electron chi connectivity index (χ3n) is 5.26. The van der Waals surface area contributed by atoms with Crippen LogP contribution in [0.4, 0.5) is 0 Å². The van der Waals surface area contributed by atoms with Gasteiger partial charge in [0.1, 0.15) is 23.4 Å². The third-order valence-corrected chi connectivity index (χ3v) is 6.98. The first-order valence-electron chi connectivity index (χ1n) is 11.2. The number of benzene rings is 3. The second kappa shape index (κ2) is 12.4. The lowest BCUT2D eigenvalue weighted by molar-refractivity contribution is 0.395.